The Labute approximate surface area is 115 Å². The Bertz CT molecular complexity index is 647. The number of carbonyl (C=O) groups is 1. The van der Waals surface area contributed by atoms with Gasteiger partial charge in [0.1, 0.15) is 5.69 Å². The second-order valence-corrected chi connectivity index (χ2v) is 4.99. The van der Waals surface area contributed by atoms with Crippen LogP contribution in [0.1, 0.15) is 41.4 Å². The maximum atomic E-state index is 13.2. The number of rotatable bonds is 4. The van der Waals surface area contributed by atoms with Crippen LogP contribution in [0.2, 0.25) is 0 Å². The number of carboxylic acid groups (broad SMARTS) is 1. The van der Waals surface area contributed by atoms with Gasteiger partial charge < -0.3 is 9.67 Å². The van der Waals surface area contributed by atoms with Gasteiger partial charge >= 0.3 is 5.97 Å². The van der Waals surface area contributed by atoms with Crippen LogP contribution in [0.3, 0.4) is 0 Å². The summed E-state index contributed by atoms with van der Waals surface area (Å²) in [6, 6.07) is 5.17. The molecule has 0 bridgehead atoms. The van der Waals surface area contributed by atoms with Gasteiger partial charge in [0.2, 0.25) is 0 Å². The van der Waals surface area contributed by atoms with Crippen LogP contribution in [0.5, 0.6) is 0 Å². The maximum Gasteiger partial charge on any atom is 0.352 e. The quantitative estimate of drug-likeness (QED) is 0.928. The van der Waals surface area contributed by atoms with E-state index in [1.165, 1.54) is 10.6 Å². The number of hydrogen-bond donors (Lipinski definition) is 1. The molecule has 0 atom stereocenters. The average Bonchev–Trinajstić information content (AvgIpc) is 2.78. The lowest BCUT2D eigenvalue weighted by molar-refractivity contribution is 0.0685. The summed E-state index contributed by atoms with van der Waals surface area (Å²) in [5, 5.41) is 9.18. The van der Waals surface area contributed by atoms with E-state index in [0.717, 1.165) is 17.7 Å². The van der Waals surface area contributed by atoms with Gasteiger partial charge in [-0.3, -0.25) is 0 Å². The Morgan fingerprint density at radius 2 is 1.95 bits per heavy atom. The number of benzene rings is 1. The number of aromatic nitrogens is 1. The minimum atomic E-state index is -1.04. The fraction of sp³-hybridized carbons (Fsp3) is 0.267. The largest absolute Gasteiger partial charge is 0.477 e. The topological polar surface area (TPSA) is 42.2 Å². The van der Waals surface area contributed by atoms with Crippen LogP contribution in [0, 0.1) is 11.6 Å². The van der Waals surface area contributed by atoms with Crippen molar-refractivity contribution in [3.8, 4) is 0 Å². The lowest BCUT2D eigenvalue weighted by atomic mass is 10.1. The molecular formula is C15H15F2NO2. The lowest BCUT2D eigenvalue weighted by Crippen LogP contribution is -2.08. The molecule has 0 aliphatic carbocycles. The van der Waals surface area contributed by atoms with E-state index in [4.69, 9.17) is 0 Å². The summed E-state index contributed by atoms with van der Waals surface area (Å²) in [6.45, 7) is 4.11. The van der Waals surface area contributed by atoms with E-state index in [0.29, 0.717) is 5.56 Å². The molecule has 2 rings (SSSR count). The van der Waals surface area contributed by atoms with Crippen molar-refractivity contribution in [3.63, 3.8) is 0 Å². The number of aromatic carboxylic acids is 1. The second kappa shape index (κ2) is 5.45. The lowest BCUT2D eigenvalue weighted by Gasteiger charge is -2.07. The zero-order valence-electron chi connectivity index (χ0n) is 11.2. The molecule has 0 aliphatic rings. The van der Waals surface area contributed by atoms with Crippen LogP contribution in [0.25, 0.3) is 0 Å². The van der Waals surface area contributed by atoms with Crippen LogP contribution < -0.4 is 0 Å². The first kappa shape index (κ1) is 14.2. The summed E-state index contributed by atoms with van der Waals surface area (Å²) in [6.07, 6.45) is 1.73. The Hall–Kier alpha value is -2.17. The first-order chi connectivity index (χ1) is 9.38. The Morgan fingerprint density at radius 3 is 2.50 bits per heavy atom. The highest BCUT2D eigenvalue weighted by molar-refractivity contribution is 5.86. The number of hydrogen-bond acceptors (Lipinski definition) is 1. The molecule has 0 amide bonds. The Kier molecular flexibility index (Phi) is 3.88. The minimum absolute atomic E-state index is 0.137. The third-order valence-corrected chi connectivity index (χ3v) is 3.14. The monoisotopic (exact) mass is 279 g/mol. The van der Waals surface area contributed by atoms with E-state index in [1.54, 1.807) is 12.3 Å². The SMILES string of the molecule is CC(C)c1cc(C(=O)O)n(Cc2ccc(F)c(F)c2)c1. The van der Waals surface area contributed by atoms with Gasteiger partial charge in [-0.05, 0) is 35.2 Å². The molecule has 1 aromatic carbocycles. The molecule has 0 radical (unpaired) electrons. The van der Waals surface area contributed by atoms with Gasteiger partial charge in [-0.15, -0.1) is 0 Å². The predicted molar refractivity (Wildman–Crippen MR) is 70.9 cm³/mol. The molecular weight excluding hydrogens is 264 g/mol. The van der Waals surface area contributed by atoms with Crippen molar-refractivity contribution < 1.29 is 18.7 Å². The van der Waals surface area contributed by atoms with E-state index in [-0.39, 0.29) is 18.2 Å². The van der Waals surface area contributed by atoms with Gasteiger partial charge in [-0.25, -0.2) is 13.6 Å². The van der Waals surface area contributed by atoms with Gasteiger partial charge in [0, 0.05) is 12.7 Å². The van der Waals surface area contributed by atoms with Crippen LogP contribution >= 0.6 is 0 Å². The van der Waals surface area contributed by atoms with Crippen molar-refractivity contribution in [1.29, 1.82) is 0 Å². The van der Waals surface area contributed by atoms with E-state index in [9.17, 15) is 18.7 Å². The van der Waals surface area contributed by atoms with E-state index in [2.05, 4.69) is 0 Å². The minimum Gasteiger partial charge on any atom is -0.477 e. The highest BCUT2D eigenvalue weighted by Crippen LogP contribution is 2.20. The van der Waals surface area contributed by atoms with Crippen molar-refractivity contribution in [2.45, 2.75) is 26.3 Å². The molecule has 0 spiro atoms. The first-order valence-electron chi connectivity index (χ1n) is 6.25. The smallest absolute Gasteiger partial charge is 0.352 e. The van der Waals surface area contributed by atoms with Gasteiger partial charge in [-0.2, -0.15) is 0 Å². The van der Waals surface area contributed by atoms with Crippen molar-refractivity contribution in [1.82, 2.24) is 4.57 Å². The van der Waals surface area contributed by atoms with Gasteiger partial charge in [0.15, 0.2) is 11.6 Å². The zero-order valence-corrected chi connectivity index (χ0v) is 11.2. The molecule has 2 aromatic rings. The highest BCUT2D eigenvalue weighted by atomic mass is 19.2. The standard InChI is InChI=1S/C15H15F2NO2/c1-9(2)11-6-14(15(19)20)18(8-11)7-10-3-4-12(16)13(17)5-10/h3-6,8-9H,7H2,1-2H3,(H,19,20). The molecule has 0 saturated heterocycles. The second-order valence-electron chi connectivity index (χ2n) is 4.99. The van der Waals surface area contributed by atoms with Gasteiger partial charge in [-0.1, -0.05) is 19.9 Å². The summed E-state index contributed by atoms with van der Waals surface area (Å²) < 4.78 is 27.6. The molecule has 20 heavy (non-hydrogen) atoms. The third kappa shape index (κ3) is 2.87. The molecule has 0 fully saturated rings. The molecule has 1 N–H and O–H groups in total. The predicted octanol–water partition coefficient (Wildman–Crippen LogP) is 3.64. The zero-order chi connectivity index (χ0) is 14.9. The molecule has 0 unspecified atom stereocenters. The van der Waals surface area contributed by atoms with Gasteiger partial charge in [0.25, 0.3) is 0 Å². The fourth-order valence-corrected chi connectivity index (χ4v) is 1.99. The van der Waals surface area contributed by atoms with Crippen LogP contribution in [0.15, 0.2) is 30.5 Å². The molecule has 3 nitrogen and oxygen atoms in total. The van der Waals surface area contributed by atoms with E-state index < -0.39 is 17.6 Å². The normalized spacial score (nSPS) is 11.1. The fourth-order valence-electron chi connectivity index (χ4n) is 1.99. The summed E-state index contributed by atoms with van der Waals surface area (Å²) in [7, 11) is 0. The molecule has 1 heterocycles. The average molecular weight is 279 g/mol. The van der Waals surface area contributed by atoms with Crippen molar-refractivity contribution >= 4 is 5.97 Å². The van der Waals surface area contributed by atoms with Crippen LogP contribution in [-0.4, -0.2) is 15.6 Å². The van der Waals surface area contributed by atoms with Crippen LogP contribution in [-0.2, 0) is 6.54 Å². The van der Waals surface area contributed by atoms with Crippen molar-refractivity contribution in [2.75, 3.05) is 0 Å². The molecule has 106 valence electrons. The highest BCUT2D eigenvalue weighted by Gasteiger charge is 2.15. The number of carboxylic acids is 1. The number of halogens is 2. The third-order valence-electron chi connectivity index (χ3n) is 3.14. The molecule has 1 aromatic heterocycles. The van der Waals surface area contributed by atoms with Gasteiger partial charge in [0.05, 0.1) is 0 Å². The van der Waals surface area contributed by atoms with E-state index in [1.807, 2.05) is 13.8 Å². The van der Waals surface area contributed by atoms with Crippen molar-refractivity contribution in [3.05, 3.63) is 58.9 Å². The molecule has 0 saturated carbocycles. The summed E-state index contributed by atoms with van der Waals surface area (Å²) in [5.41, 5.74) is 1.54. The molecule has 5 heteroatoms. The van der Waals surface area contributed by atoms with E-state index >= 15 is 0 Å². The number of nitrogens with zero attached hydrogens (tertiary/aromatic N) is 1. The molecule has 0 aliphatic heterocycles. The van der Waals surface area contributed by atoms with Crippen molar-refractivity contribution in [2.24, 2.45) is 0 Å². The first-order valence-corrected chi connectivity index (χ1v) is 6.25. The summed E-state index contributed by atoms with van der Waals surface area (Å²) in [4.78, 5) is 11.2. The Morgan fingerprint density at radius 1 is 1.25 bits per heavy atom. The Balaban J connectivity index is 2.36. The van der Waals surface area contributed by atoms with Crippen LogP contribution in [0.4, 0.5) is 8.78 Å². The maximum absolute atomic E-state index is 13.2. The summed E-state index contributed by atoms with van der Waals surface area (Å²) >= 11 is 0. The summed E-state index contributed by atoms with van der Waals surface area (Å²) in [5.74, 6) is -2.70.